The van der Waals surface area contributed by atoms with E-state index in [1.54, 1.807) is 19.9 Å². The number of aliphatic hydroxyl groups is 1. The lowest BCUT2D eigenvalue weighted by molar-refractivity contribution is -0.241. The second-order valence-electron chi connectivity index (χ2n) is 7.56. The van der Waals surface area contributed by atoms with Gasteiger partial charge in [0.05, 0.1) is 7.11 Å². The highest BCUT2D eigenvalue weighted by atomic mass is 19.4. The van der Waals surface area contributed by atoms with Gasteiger partial charge in [-0.05, 0) is 56.9 Å². The Morgan fingerprint density at radius 3 is 1.94 bits per heavy atom. The van der Waals surface area contributed by atoms with Gasteiger partial charge >= 0.3 is 6.18 Å². The van der Waals surface area contributed by atoms with Gasteiger partial charge in [0.25, 0.3) is 5.60 Å². The summed E-state index contributed by atoms with van der Waals surface area (Å²) in [5.74, 6) is 4.72. The van der Waals surface area contributed by atoms with E-state index in [4.69, 9.17) is 4.74 Å². The largest absolute Gasteiger partial charge is 0.496 e. The normalized spacial score (nSPS) is 15.0. The van der Waals surface area contributed by atoms with Gasteiger partial charge in [0, 0.05) is 11.5 Å². The van der Waals surface area contributed by atoms with Gasteiger partial charge in [-0.3, -0.25) is 0 Å². The lowest BCUT2D eigenvalue weighted by Gasteiger charge is -2.28. The first-order chi connectivity index (χ1) is 15.0. The Labute approximate surface area is 194 Å². The fourth-order valence-electron chi connectivity index (χ4n) is 2.99. The summed E-state index contributed by atoms with van der Waals surface area (Å²) in [5.41, 5.74) is -2.13. The number of allylic oxidation sites excluding steroid dienone is 1. The van der Waals surface area contributed by atoms with E-state index < -0.39 is 11.8 Å². The summed E-state index contributed by atoms with van der Waals surface area (Å²) in [5, 5.41) is 10.5. The van der Waals surface area contributed by atoms with Gasteiger partial charge in [0.1, 0.15) is 5.75 Å². The van der Waals surface area contributed by atoms with Crippen LogP contribution in [0.25, 0.3) is 0 Å². The molecule has 0 saturated heterocycles. The molecule has 2 rings (SSSR count). The molecule has 0 radical (unpaired) electrons. The Hall–Kier alpha value is -1.93. The maximum absolute atomic E-state index is 13.7. The smallest absolute Gasteiger partial charge is 0.433 e. The van der Waals surface area contributed by atoms with E-state index in [0.717, 1.165) is 37.7 Å². The Bertz CT molecular complexity index is 708. The molecule has 0 spiro atoms. The highest BCUT2D eigenvalue weighted by molar-refractivity contribution is 5.49. The lowest BCUT2D eigenvalue weighted by Crippen LogP contribution is -2.41. The molecule has 1 aromatic carbocycles. The minimum absolute atomic E-state index is 0.00382. The number of methoxy groups -OCH3 is 1. The summed E-state index contributed by atoms with van der Waals surface area (Å²) in [6.07, 6.45) is 2.68. The number of alkyl halides is 3. The molecule has 32 heavy (non-hydrogen) atoms. The van der Waals surface area contributed by atoms with Crippen molar-refractivity contribution in [3.05, 3.63) is 41.5 Å². The van der Waals surface area contributed by atoms with Crippen molar-refractivity contribution >= 4 is 0 Å². The molecule has 1 aliphatic carbocycles. The molecule has 1 fully saturated rings. The van der Waals surface area contributed by atoms with Crippen LogP contribution in [0.15, 0.2) is 24.8 Å². The molecule has 184 valence electrons. The standard InChI is InChI=1S/C19H23F3O2.C3H8.C3H6.C2H6/c1-13-11-16(17(24-3)12-14(13)2)18(23,19(20,21)22)10-9-15-7-5-4-6-8-15;2*1-3-2;1-2/h11-12,15,23H,4-8H2,1-3H3;3H2,1-2H3;3H,1H2,2H3;1-2H3. The first kappa shape index (κ1) is 32.3. The Balaban J connectivity index is 0. The molecule has 1 atom stereocenters. The first-order valence-corrected chi connectivity index (χ1v) is 11.6. The number of hydrogen-bond donors (Lipinski definition) is 1. The van der Waals surface area contributed by atoms with Crippen LogP contribution in [0, 0.1) is 31.6 Å². The van der Waals surface area contributed by atoms with Crippen LogP contribution in [0.4, 0.5) is 13.2 Å². The predicted octanol–water partition coefficient (Wildman–Crippen LogP) is 8.28. The molecule has 0 bridgehead atoms. The fraction of sp³-hybridized carbons (Fsp3) is 0.630. The van der Waals surface area contributed by atoms with E-state index in [1.165, 1.54) is 25.7 Å². The molecule has 1 unspecified atom stereocenters. The van der Waals surface area contributed by atoms with Crippen molar-refractivity contribution in [1.29, 1.82) is 0 Å². The quantitative estimate of drug-likeness (QED) is 0.358. The SMILES string of the molecule is C=CC.CC.CCC.COc1cc(C)c(C)cc1C(O)(C#CC1CCCCC1)C(F)(F)F. The van der Waals surface area contributed by atoms with E-state index in [2.05, 4.69) is 32.3 Å². The maximum atomic E-state index is 13.7. The summed E-state index contributed by atoms with van der Waals surface area (Å²) >= 11 is 0. The number of rotatable bonds is 2. The second-order valence-corrected chi connectivity index (χ2v) is 7.56. The molecule has 0 aromatic heterocycles. The third kappa shape index (κ3) is 10.1. The van der Waals surface area contributed by atoms with E-state index in [1.807, 2.05) is 20.8 Å². The monoisotopic (exact) mass is 456 g/mol. The van der Waals surface area contributed by atoms with Crippen molar-refractivity contribution in [2.45, 2.75) is 98.8 Å². The van der Waals surface area contributed by atoms with E-state index in [9.17, 15) is 18.3 Å². The van der Waals surface area contributed by atoms with Crippen molar-refractivity contribution in [3.8, 4) is 17.6 Å². The zero-order valence-electron chi connectivity index (χ0n) is 21.2. The van der Waals surface area contributed by atoms with Crippen LogP contribution >= 0.6 is 0 Å². The minimum atomic E-state index is -4.91. The van der Waals surface area contributed by atoms with Crippen molar-refractivity contribution in [2.24, 2.45) is 5.92 Å². The molecule has 1 N–H and O–H groups in total. The minimum Gasteiger partial charge on any atom is -0.496 e. The summed E-state index contributed by atoms with van der Waals surface area (Å²) in [7, 11) is 1.29. The Morgan fingerprint density at radius 1 is 1.09 bits per heavy atom. The third-order valence-corrected chi connectivity index (χ3v) is 4.68. The molecule has 5 heteroatoms. The Morgan fingerprint density at radius 2 is 1.53 bits per heavy atom. The highest BCUT2D eigenvalue weighted by Crippen LogP contribution is 2.43. The van der Waals surface area contributed by atoms with Gasteiger partial charge in [-0.2, -0.15) is 13.2 Å². The topological polar surface area (TPSA) is 29.5 Å². The van der Waals surface area contributed by atoms with Crippen LogP contribution in [0.2, 0.25) is 0 Å². The molecule has 0 amide bonds. The van der Waals surface area contributed by atoms with Crippen LogP contribution in [0.1, 0.15) is 89.8 Å². The molecule has 0 heterocycles. The number of hydrogen-bond acceptors (Lipinski definition) is 2. The van der Waals surface area contributed by atoms with Crippen molar-refractivity contribution in [2.75, 3.05) is 7.11 Å². The number of halogens is 3. The van der Waals surface area contributed by atoms with Gasteiger partial charge in [-0.25, -0.2) is 0 Å². The molecular weight excluding hydrogens is 413 g/mol. The van der Waals surface area contributed by atoms with Crippen LogP contribution in [-0.4, -0.2) is 18.4 Å². The third-order valence-electron chi connectivity index (χ3n) is 4.68. The number of aryl methyl sites for hydroxylation is 2. The van der Waals surface area contributed by atoms with Crippen LogP contribution in [0.5, 0.6) is 5.75 Å². The lowest BCUT2D eigenvalue weighted by atomic mass is 9.86. The molecular formula is C27H43F3O2. The number of benzene rings is 1. The van der Waals surface area contributed by atoms with Crippen molar-refractivity contribution in [1.82, 2.24) is 0 Å². The molecule has 0 aliphatic heterocycles. The fourth-order valence-corrected chi connectivity index (χ4v) is 2.99. The Kier molecular flexibility index (Phi) is 16.8. The van der Waals surface area contributed by atoms with Crippen LogP contribution in [-0.2, 0) is 5.60 Å². The van der Waals surface area contributed by atoms with Crippen molar-refractivity contribution in [3.63, 3.8) is 0 Å². The second kappa shape index (κ2) is 16.7. The van der Waals surface area contributed by atoms with Gasteiger partial charge in [0.15, 0.2) is 0 Å². The van der Waals surface area contributed by atoms with Gasteiger partial charge in [-0.1, -0.05) is 71.3 Å². The van der Waals surface area contributed by atoms with Gasteiger partial charge in [-0.15, -0.1) is 6.58 Å². The van der Waals surface area contributed by atoms with Crippen LogP contribution < -0.4 is 4.74 Å². The van der Waals surface area contributed by atoms with Gasteiger partial charge < -0.3 is 9.84 Å². The summed E-state index contributed by atoms with van der Waals surface area (Å²) < 4.78 is 46.1. The van der Waals surface area contributed by atoms with E-state index >= 15 is 0 Å². The predicted molar refractivity (Wildman–Crippen MR) is 130 cm³/mol. The molecule has 1 aliphatic rings. The highest BCUT2D eigenvalue weighted by Gasteiger charge is 2.56. The summed E-state index contributed by atoms with van der Waals surface area (Å²) in [6.45, 7) is 17.0. The summed E-state index contributed by atoms with van der Waals surface area (Å²) in [4.78, 5) is 0. The zero-order chi connectivity index (χ0) is 25.4. The zero-order valence-corrected chi connectivity index (χ0v) is 21.2. The van der Waals surface area contributed by atoms with E-state index in [0.29, 0.717) is 5.56 Å². The molecule has 1 aromatic rings. The first-order valence-electron chi connectivity index (χ1n) is 11.6. The maximum Gasteiger partial charge on any atom is 0.433 e. The number of ether oxygens (including phenoxy) is 1. The average molecular weight is 457 g/mol. The molecule has 1 saturated carbocycles. The van der Waals surface area contributed by atoms with Crippen LogP contribution in [0.3, 0.4) is 0 Å². The average Bonchev–Trinajstić information content (AvgIpc) is 2.76. The van der Waals surface area contributed by atoms with Gasteiger partial charge in [0.2, 0.25) is 0 Å². The summed E-state index contributed by atoms with van der Waals surface area (Å²) in [6, 6.07) is 2.82. The molecule has 2 nitrogen and oxygen atoms in total. The van der Waals surface area contributed by atoms with E-state index in [-0.39, 0.29) is 17.2 Å². The van der Waals surface area contributed by atoms with Crippen molar-refractivity contribution < 1.29 is 23.0 Å².